The number of nitrogens with zero attached hydrogens (tertiary/aromatic N) is 3. The van der Waals surface area contributed by atoms with E-state index < -0.39 is 0 Å². The maximum absolute atomic E-state index is 9.53. The summed E-state index contributed by atoms with van der Waals surface area (Å²) < 4.78 is 2.11. The van der Waals surface area contributed by atoms with Crippen LogP contribution in [0.2, 0.25) is 0 Å². The maximum Gasteiger partial charge on any atom is 0.157 e. The number of hydrogen-bond acceptors (Lipinski definition) is 3. The van der Waals surface area contributed by atoms with E-state index in [-0.39, 0.29) is 0 Å². The van der Waals surface area contributed by atoms with E-state index in [4.69, 9.17) is 4.98 Å². The highest BCUT2D eigenvalue weighted by atomic mass is 15.1. The standard InChI is InChI=1S/C19H20N4/c1-13-11-18(21-14-7-3-2-4-8-14)23-17-10-6-5-9-16(17)22-19(23)15(13)12-20/h5-6,9-11,14,21H,2-4,7-8H2,1H3. The SMILES string of the molecule is Cc1cc(NC2CCCCC2)n2c(nc3ccccc32)c1C#N. The number of aromatic nitrogens is 2. The van der Waals surface area contributed by atoms with Crippen LogP contribution in [0.15, 0.2) is 30.3 Å². The van der Waals surface area contributed by atoms with Crippen molar-refractivity contribution in [2.45, 2.75) is 45.1 Å². The molecule has 0 aliphatic heterocycles. The molecule has 0 spiro atoms. The lowest BCUT2D eigenvalue weighted by atomic mass is 9.95. The van der Waals surface area contributed by atoms with Gasteiger partial charge in [0.25, 0.3) is 0 Å². The molecule has 0 amide bonds. The van der Waals surface area contributed by atoms with E-state index in [2.05, 4.69) is 27.9 Å². The predicted molar refractivity (Wildman–Crippen MR) is 92.6 cm³/mol. The number of imidazole rings is 1. The van der Waals surface area contributed by atoms with Crippen LogP contribution in [0.25, 0.3) is 16.7 Å². The van der Waals surface area contributed by atoms with Gasteiger partial charge in [-0.15, -0.1) is 0 Å². The van der Waals surface area contributed by atoms with Crippen molar-refractivity contribution in [1.29, 1.82) is 5.26 Å². The highest BCUT2D eigenvalue weighted by Gasteiger charge is 2.18. The average Bonchev–Trinajstić information content (AvgIpc) is 2.95. The summed E-state index contributed by atoms with van der Waals surface area (Å²) in [6.45, 7) is 1.99. The van der Waals surface area contributed by atoms with Crippen molar-refractivity contribution in [3.63, 3.8) is 0 Å². The van der Waals surface area contributed by atoms with E-state index in [1.54, 1.807) is 0 Å². The second-order valence-electron chi connectivity index (χ2n) is 6.44. The smallest absolute Gasteiger partial charge is 0.157 e. The number of para-hydroxylation sites is 2. The van der Waals surface area contributed by atoms with Crippen LogP contribution in [0.3, 0.4) is 0 Å². The summed E-state index contributed by atoms with van der Waals surface area (Å²) in [6.07, 6.45) is 6.36. The van der Waals surface area contributed by atoms with Crippen molar-refractivity contribution >= 4 is 22.5 Å². The molecule has 1 saturated carbocycles. The fourth-order valence-electron chi connectivity index (χ4n) is 3.66. The fourth-order valence-corrected chi connectivity index (χ4v) is 3.66. The van der Waals surface area contributed by atoms with Gasteiger partial charge in [0.1, 0.15) is 11.9 Å². The highest BCUT2D eigenvalue weighted by molar-refractivity contribution is 5.85. The summed E-state index contributed by atoms with van der Waals surface area (Å²) in [4.78, 5) is 4.70. The number of rotatable bonds is 2. The molecule has 1 aliphatic carbocycles. The van der Waals surface area contributed by atoms with Crippen molar-refractivity contribution in [3.8, 4) is 6.07 Å². The van der Waals surface area contributed by atoms with E-state index in [1.165, 1.54) is 32.1 Å². The number of aryl methyl sites for hydroxylation is 1. The first kappa shape index (κ1) is 14.1. The summed E-state index contributed by atoms with van der Waals surface area (Å²) in [6, 6.07) is 13.0. The van der Waals surface area contributed by atoms with Crippen molar-refractivity contribution in [2.75, 3.05) is 5.32 Å². The van der Waals surface area contributed by atoms with Gasteiger partial charge in [0.05, 0.1) is 16.6 Å². The van der Waals surface area contributed by atoms with Crippen molar-refractivity contribution in [2.24, 2.45) is 0 Å². The molecule has 2 heterocycles. The number of fused-ring (bicyclic) bond motifs is 3. The first-order valence-electron chi connectivity index (χ1n) is 8.35. The molecule has 0 atom stereocenters. The Morgan fingerprint density at radius 1 is 1.22 bits per heavy atom. The first-order chi connectivity index (χ1) is 11.3. The van der Waals surface area contributed by atoms with Crippen LogP contribution >= 0.6 is 0 Å². The van der Waals surface area contributed by atoms with Crippen LogP contribution in [0.5, 0.6) is 0 Å². The van der Waals surface area contributed by atoms with Crippen LogP contribution < -0.4 is 5.32 Å². The molecule has 1 fully saturated rings. The molecule has 4 rings (SSSR count). The summed E-state index contributed by atoms with van der Waals surface area (Å²) in [5.74, 6) is 1.05. The largest absolute Gasteiger partial charge is 0.368 e. The van der Waals surface area contributed by atoms with Gasteiger partial charge in [-0.05, 0) is 43.5 Å². The average molecular weight is 304 g/mol. The number of nitrogens with one attached hydrogen (secondary N) is 1. The Hall–Kier alpha value is -2.54. The highest BCUT2D eigenvalue weighted by Crippen LogP contribution is 2.28. The van der Waals surface area contributed by atoms with Crippen molar-refractivity contribution in [3.05, 3.63) is 41.5 Å². The van der Waals surface area contributed by atoms with E-state index in [0.29, 0.717) is 11.6 Å². The second-order valence-corrected chi connectivity index (χ2v) is 6.44. The monoisotopic (exact) mass is 304 g/mol. The van der Waals surface area contributed by atoms with Gasteiger partial charge in [-0.2, -0.15) is 5.26 Å². The summed E-state index contributed by atoms with van der Waals surface area (Å²) in [7, 11) is 0. The molecular formula is C19H20N4. The minimum atomic E-state index is 0.514. The Morgan fingerprint density at radius 3 is 2.78 bits per heavy atom. The summed E-state index contributed by atoms with van der Waals surface area (Å²) in [5, 5.41) is 13.2. The van der Waals surface area contributed by atoms with Gasteiger partial charge >= 0.3 is 0 Å². The minimum absolute atomic E-state index is 0.514. The van der Waals surface area contributed by atoms with Crippen LogP contribution in [-0.4, -0.2) is 15.4 Å². The number of nitriles is 1. The Labute approximate surface area is 135 Å². The van der Waals surface area contributed by atoms with Crippen molar-refractivity contribution < 1.29 is 0 Å². The predicted octanol–water partition coefficient (Wildman–Crippen LogP) is 4.41. The Bertz CT molecular complexity index is 910. The van der Waals surface area contributed by atoms with E-state index in [9.17, 15) is 5.26 Å². The van der Waals surface area contributed by atoms with Gasteiger partial charge in [0.2, 0.25) is 0 Å². The molecule has 2 aromatic heterocycles. The zero-order valence-electron chi connectivity index (χ0n) is 13.3. The third-order valence-electron chi connectivity index (χ3n) is 4.84. The van der Waals surface area contributed by atoms with Gasteiger partial charge in [-0.1, -0.05) is 31.4 Å². The normalized spacial score (nSPS) is 15.8. The van der Waals surface area contributed by atoms with Gasteiger partial charge in [-0.25, -0.2) is 4.98 Å². The second kappa shape index (κ2) is 5.58. The van der Waals surface area contributed by atoms with Gasteiger partial charge in [0, 0.05) is 6.04 Å². The molecule has 1 N–H and O–H groups in total. The lowest BCUT2D eigenvalue weighted by Gasteiger charge is -2.25. The molecule has 3 aromatic rings. The third kappa shape index (κ3) is 2.33. The van der Waals surface area contributed by atoms with Crippen LogP contribution in [0, 0.1) is 18.3 Å². The molecule has 1 aromatic carbocycles. The number of anilines is 1. The first-order valence-corrected chi connectivity index (χ1v) is 8.35. The zero-order chi connectivity index (χ0) is 15.8. The van der Waals surface area contributed by atoms with E-state index in [1.807, 2.05) is 25.1 Å². The van der Waals surface area contributed by atoms with E-state index in [0.717, 1.165) is 28.1 Å². The van der Waals surface area contributed by atoms with Gasteiger partial charge in [0.15, 0.2) is 5.65 Å². The fraction of sp³-hybridized carbons (Fsp3) is 0.368. The van der Waals surface area contributed by atoms with Gasteiger partial charge in [-0.3, -0.25) is 4.40 Å². The molecule has 0 unspecified atom stereocenters. The van der Waals surface area contributed by atoms with Crippen LogP contribution in [0.4, 0.5) is 5.82 Å². The number of pyridine rings is 1. The summed E-state index contributed by atoms with van der Waals surface area (Å²) in [5.41, 5.74) is 4.38. The van der Waals surface area contributed by atoms with Crippen LogP contribution in [0.1, 0.15) is 43.2 Å². The Kier molecular flexibility index (Phi) is 3.42. The minimum Gasteiger partial charge on any atom is -0.368 e. The zero-order valence-corrected chi connectivity index (χ0v) is 13.3. The van der Waals surface area contributed by atoms with Gasteiger partial charge < -0.3 is 5.32 Å². The molecular weight excluding hydrogens is 284 g/mol. The Balaban J connectivity index is 1.93. The molecule has 1 aliphatic rings. The molecule has 23 heavy (non-hydrogen) atoms. The molecule has 116 valence electrons. The molecule has 0 saturated heterocycles. The molecule has 4 nitrogen and oxygen atoms in total. The number of hydrogen-bond donors (Lipinski definition) is 1. The maximum atomic E-state index is 9.53. The molecule has 0 bridgehead atoms. The number of benzene rings is 1. The molecule has 0 radical (unpaired) electrons. The lowest BCUT2D eigenvalue weighted by molar-refractivity contribution is 0.461. The summed E-state index contributed by atoms with van der Waals surface area (Å²) >= 11 is 0. The third-order valence-corrected chi connectivity index (χ3v) is 4.84. The van der Waals surface area contributed by atoms with Crippen molar-refractivity contribution in [1.82, 2.24) is 9.38 Å². The quantitative estimate of drug-likeness (QED) is 0.763. The van der Waals surface area contributed by atoms with E-state index >= 15 is 0 Å². The lowest BCUT2D eigenvalue weighted by Crippen LogP contribution is -2.23. The Morgan fingerprint density at radius 2 is 2.00 bits per heavy atom. The topological polar surface area (TPSA) is 53.1 Å². The molecule has 4 heteroatoms. The van der Waals surface area contributed by atoms with Crippen LogP contribution in [-0.2, 0) is 0 Å².